The lowest BCUT2D eigenvalue weighted by molar-refractivity contribution is -0.116. The van der Waals surface area contributed by atoms with Gasteiger partial charge >= 0.3 is 0 Å². The molecule has 0 aliphatic heterocycles. The van der Waals surface area contributed by atoms with Crippen LogP contribution in [0, 0.1) is 0 Å². The van der Waals surface area contributed by atoms with Crippen molar-refractivity contribution >= 4 is 23.2 Å². The fraction of sp³-hybridized carbons (Fsp3) is 0.250. The van der Waals surface area contributed by atoms with Crippen molar-refractivity contribution in [2.75, 3.05) is 30.0 Å². The Balaban J connectivity index is 1.95. The van der Waals surface area contributed by atoms with Crippen LogP contribution in [0.3, 0.4) is 0 Å². The standard InChI is InChI=1S/C12H16N6O/c1-17(2)10-5-3-9(4-6-10)15-11(19)7-18-8-14-12(13)16-18/h3-6,8H,7H2,1-2H3,(H2,13,16)(H,15,19). The minimum Gasteiger partial charge on any atom is -0.378 e. The van der Waals surface area contributed by atoms with Gasteiger partial charge in [-0.05, 0) is 24.3 Å². The van der Waals surface area contributed by atoms with Crippen LogP contribution in [-0.2, 0) is 11.3 Å². The summed E-state index contributed by atoms with van der Waals surface area (Å²) in [6, 6.07) is 7.57. The van der Waals surface area contributed by atoms with Crippen LogP contribution in [0.4, 0.5) is 17.3 Å². The number of amides is 1. The number of carbonyl (C=O) groups excluding carboxylic acids is 1. The number of anilines is 3. The molecule has 0 aliphatic rings. The van der Waals surface area contributed by atoms with Gasteiger partial charge in [-0.1, -0.05) is 0 Å². The third-order valence-electron chi connectivity index (χ3n) is 2.53. The van der Waals surface area contributed by atoms with Gasteiger partial charge in [-0.25, -0.2) is 9.67 Å². The molecule has 100 valence electrons. The number of aromatic nitrogens is 3. The van der Waals surface area contributed by atoms with E-state index >= 15 is 0 Å². The molecule has 0 fully saturated rings. The van der Waals surface area contributed by atoms with Gasteiger partial charge in [0.25, 0.3) is 0 Å². The van der Waals surface area contributed by atoms with Gasteiger partial charge in [-0.3, -0.25) is 4.79 Å². The van der Waals surface area contributed by atoms with E-state index in [0.717, 1.165) is 11.4 Å². The van der Waals surface area contributed by atoms with Gasteiger partial charge in [-0.2, -0.15) is 0 Å². The summed E-state index contributed by atoms with van der Waals surface area (Å²) >= 11 is 0. The third-order valence-corrected chi connectivity index (χ3v) is 2.53. The van der Waals surface area contributed by atoms with E-state index < -0.39 is 0 Å². The molecule has 7 heteroatoms. The molecule has 0 saturated carbocycles. The number of carbonyl (C=O) groups is 1. The van der Waals surface area contributed by atoms with E-state index in [-0.39, 0.29) is 18.4 Å². The molecule has 2 rings (SSSR count). The molecule has 0 atom stereocenters. The van der Waals surface area contributed by atoms with Crippen LogP contribution in [0.1, 0.15) is 0 Å². The van der Waals surface area contributed by atoms with E-state index in [1.54, 1.807) is 0 Å². The van der Waals surface area contributed by atoms with E-state index in [1.807, 2.05) is 43.3 Å². The van der Waals surface area contributed by atoms with Crippen LogP contribution < -0.4 is 16.0 Å². The molecule has 3 N–H and O–H groups in total. The third kappa shape index (κ3) is 3.44. The summed E-state index contributed by atoms with van der Waals surface area (Å²) in [5.74, 6) is -0.0226. The number of hydrogen-bond acceptors (Lipinski definition) is 5. The zero-order valence-electron chi connectivity index (χ0n) is 10.9. The van der Waals surface area contributed by atoms with Crippen molar-refractivity contribution in [2.45, 2.75) is 6.54 Å². The molecule has 0 aliphatic carbocycles. The van der Waals surface area contributed by atoms with Gasteiger partial charge in [0.05, 0.1) is 0 Å². The maximum absolute atomic E-state index is 11.8. The Morgan fingerprint density at radius 2 is 2.05 bits per heavy atom. The molecule has 1 amide bonds. The van der Waals surface area contributed by atoms with E-state index in [4.69, 9.17) is 5.73 Å². The van der Waals surface area contributed by atoms with Crippen molar-refractivity contribution in [3.8, 4) is 0 Å². The largest absolute Gasteiger partial charge is 0.378 e. The fourth-order valence-corrected chi connectivity index (χ4v) is 1.58. The second kappa shape index (κ2) is 5.38. The Kier molecular flexibility index (Phi) is 3.65. The minimum absolute atomic E-state index is 0.0830. The van der Waals surface area contributed by atoms with Gasteiger partial charge in [0, 0.05) is 25.5 Å². The summed E-state index contributed by atoms with van der Waals surface area (Å²) in [4.78, 5) is 17.5. The van der Waals surface area contributed by atoms with E-state index in [1.165, 1.54) is 11.0 Å². The normalized spacial score (nSPS) is 10.2. The molecule has 19 heavy (non-hydrogen) atoms. The monoisotopic (exact) mass is 260 g/mol. The first-order chi connectivity index (χ1) is 9.04. The quantitative estimate of drug-likeness (QED) is 0.838. The number of nitrogens with zero attached hydrogens (tertiary/aromatic N) is 4. The maximum Gasteiger partial charge on any atom is 0.246 e. The molecule has 0 radical (unpaired) electrons. The van der Waals surface area contributed by atoms with Crippen molar-refractivity contribution in [1.29, 1.82) is 0 Å². The van der Waals surface area contributed by atoms with Crippen molar-refractivity contribution < 1.29 is 4.79 Å². The molecule has 1 heterocycles. The first kappa shape index (κ1) is 12.9. The smallest absolute Gasteiger partial charge is 0.246 e. The van der Waals surface area contributed by atoms with Gasteiger partial charge in [0.15, 0.2) is 0 Å². The lowest BCUT2D eigenvalue weighted by Crippen LogP contribution is -2.19. The highest BCUT2D eigenvalue weighted by Crippen LogP contribution is 2.15. The predicted molar refractivity (Wildman–Crippen MR) is 73.8 cm³/mol. The summed E-state index contributed by atoms with van der Waals surface area (Å²) < 4.78 is 1.39. The molecule has 1 aromatic carbocycles. The molecular weight excluding hydrogens is 244 g/mol. The van der Waals surface area contributed by atoms with E-state index in [2.05, 4.69) is 15.4 Å². The van der Waals surface area contributed by atoms with Gasteiger partial charge in [-0.15, -0.1) is 5.10 Å². The van der Waals surface area contributed by atoms with Gasteiger partial charge in [0.2, 0.25) is 11.9 Å². The van der Waals surface area contributed by atoms with Crippen molar-refractivity contribution in [2.24, 2.45) is 0 Å². The molecule has 7 nitrogen and oxygen atoms in total. The topological polar surface area (TPSA) is 89.1 Å². The Labute approximate surface area is 111 Å². The second-order valence-corrected chi connectivity index (χ2v) is 4.29. The summed E-state index contributed by atoms with van der Waals surface area (Å²) in [5.41, 5.74) is 7.18. The average molecular weight is 260 g/mol. The Hall–Kier alpha value is -2.57. The number of nitrogens with two attached hydrogens (primary N) is 1. The Bertz CT molecular complexity index is 560. The van der Waals surface area contributed by atoms with Crippen molar-refractivity contribution in [3.63, 3.8) is 0 Å². The van der Waals surface area contributed by atoms with Gasteiger partial charge < -0.3 is 16.0 Å². The second-order valence-electron chi connectivity index (χ2n) is 4.29. The molecule has 0 saturated heterocycles. The summed E-state index contributed by atoms with van der Waals surface area (Å²) in [7, 11) is 3.92. The van der Waals surface area contributed by atoms with Crippen molar-refractivity contribution in [3.05, 3.63) is 30.6 Å². The Morgan fingerprint density at radius 1 is 1.37 bits per heavy atom. The molecule has 0 bridgehead atoms. The summed E-state index contributed by atoms with van der Waals surface area (Å²) in [5, 5.41) is 6.62. The summed E-state index contributed by atoms with van der Waals surface area (Å²) in [6.07, 6.45) is 1.42. The predicted octanol–water partition coefficient (Wildman–Crippen LogP) is 0.565. The first-order valence-corrected chi connectivity index (χ1v) is 5.77. The molecule has 0 unspecified atom stereocenters. The molecule has 2 aromatic rings. The summed E-state index contributed by atoms with van der Waals surface area (Å²) in [6.45, 7) is 0.0830. The van der Waals surface area contributed by atoms with Crippen LogP contribution in [0.25, 0.3) is 0 Å². The lowest BCUT2D eigenvalue weighted by atomic mass is 10.2. The minimum atomic E-state index is -0.178. The number of nitrogen functional groups attached to an aromatic ring is 1. The fourth-order valence-electron chi connectivity index (χ4n) is 1.58. The highest BCUT2D eigenvalue weighted by atomic mass is 16.2. The highest BCUT2D eigenvalue weighted by molar-refractivity contribution is 5.90. The number of benzene rings is 1. The van der Waals surface area contributed by atoms with Crippen LogP contribution in [-0.4, -0.2) is 34.8 Å². The van der Waals surface area contributed by atoms with Crippen molar-refractivity contribution in [1.82, 2.24) is 14.8 Å². The van der Waals surface area contributed by atoms with Crippen LogP contribution >= 0.6 is 0 Å². The van der Waals surface area contributed by atoms with E-state index in [0.29, 0.717) is 0 Å². The van der Waals surface area contributed by atoms with Crippen LogP contribution in [0.15, 0.2) is 30.6 Å². The first-order valence-electron chi connectivity index (χ1n) is 5.77. The maximum atomic E-state index is 11.8. The molecular formula is C12H16N6O. The zero-order valence-corrected chi connectivity index (χ0v) is 10.9. The zero-order chi connectivity index (χ0) is 13.8. The molecule has 1 aromatic heterocycles. The van der Waals surface area contributed by atoms with Crippen LogP contribution in [0.2, 0.25) is 0 Å². The van der Waals surface area contributed by atoms with E-state index in [9.17, 15) is 4.79 Å². The highest BCUT2D eigenvalue weighted by Gasteiger charge is 2.05. The van der Waals surface area contributed by atoms with Gasteiger partial charge in [0.1, 0.15) is 12.9 Å². The molecule has 0 spiro atoms. The average Bonchev–Trinajstić information content (AvgIpc) is 2.75. The number of rotatable bonds is 4. The SMILES string of the molecule is CN(C)c1ccc(NC(=O)Cn2cnc(N)n2)cc1. The number of nitrogens with one attached hydrogen (secondary N) is 1. The number of hydrogen-bond donors (Lipinski definition) is 2. The Morgan fingerprint density at radius 3 is 2.58 bits per heavy atom. The lowest BCUT2D eigenvalue weighted by Gasteiger charge is -2.13. The van der Waals surface area contributed by atoms with Crippen LogP contribution in [0.5, 0.6) is 0 Å².